The highest BCUT2D eigenvalue weighted by Gasteiger charge is 2.29. The Bertz CT molecular complexity index is 1360. The van der Waals surface area contributed by atoms with E-state index in [9.17, 15) is 17.6 Å². The number of piperazine rings is 1. The fourth-order valence-corrected chi connectivity index (χ4v) is 5.97. The lowest BCUT2D eigenvalue weighted by Crippen LogP contribution is -2.48. The Morgan fingerprint density at radius 3 is 2.57 bits per heavy atom. The molecule has 35 heavy (non-hydrogen) atoms. The van der Waals surface area contributed by atoms with Crippen molar-refractivity contribution in [2.24, 2.45) is 7.05 Å². The van der Waals surface area contributed by atoms with Gasteiger partial charge in [0.1, 0.15) is 17.1 Å². The average Bonchev–Trinajstić information content (AvgIpc) is 3.19. The van der Waals surface area contributed by atoms with Gasteiger partial charge in [0, 0.05) is 46.0 Å². The first-order valence-corrected chi connectivity index (χ1v) is 13.4. The van der Waals surface area contributed by atoms with E-state index in [0.29, 0.717) is 74.5 Å². The fourth-order valence-electron chi connectivity index (χ4n) is 4.53. The van der Waals surface area contributed by atoms with Crippen LogP contribution in [-0.2, 0) is 23.5 Å². The van der Waals surface area contributed by atoms with Crippen molar-refractivity contribution in [3.05, 3.63) is 40.3 Å². The summed E-state index contributed by atoms with van der Waals surface area (Å²) in [7, 11) is -1.98. The molecule has 3 aromatic rings. The number of aryl methyl sites for hydroxylation is 2. The summed E-state index contributed by atoms with van der Waals surface area (Å²) in [5.74, 6) is 0.707. The molecule has 190 valence electrons. The Hall–Kier alpha value is -2.76. The normalized spacial score (nSPS) is 15.7. The van der Waals surface area contributed by atoms with Crippen LogP contribution in [0.4, 0.5) is 4.39 Å². The standard InChI is InChI=1S/C24H32FN5O4S/c1-4-17-16-28(3)22-21(17)26-23(27-24(22)31)19-15-18(7-8-20(19)34-5-2)35(32,33)30-13-11-29(12-14-30)10-6-9-25/h7-8,15-16H,4-6,9-14H2,1-3H3,(H,26,27,31). The number of H-pyrrole nitrogens is 1. The van der Waals surface area contributed by atoms with Gasteiger partial charge in [-0.15, -0.1) is 0 Å². The number of aromatic nitrogens is 3. The van der Waals surface area contributed by atoms with E-state index >= 15 is 0 Å². The first-order chi connectivity index (χ1) is 16.8. The monoisotopic (exact) mass is 505 g/mol. The second kappa shape index (κ2) is 10.5. The van der Waals surface area contributed by atoms with E-state index < -0.39 is 10.0 Å². The van der Waals surface area contributed by atoms with Crippen LogP contribution in [-0.4, -0.2) is 78.2 Å². The highest BCUT2D eigenvalue weighted by atomic mass is 32.2. The van der Waals surface area contributed by atoms with Crippen LogP contribution in [0.2, 0.25) is 0 Å². The number of halogens is 1. The number of nitrogens with zero attached hydrogens (tertiary/aromatic N) is 4. The molecule has 0 bridgehead atoms. The van der Waals surface area contributed by atoms with Crippen LogP contribution in [0, 0.1) is 0 Å². The Labute approximate surface area is 204 Å². The van der Waals surface area contributed by atoms with Crippen molar-refractivity contribution in [2.75, 3.05) is 46.0 Å². The smallest absolute Gasteiger partial charge is 0.275 e. The van der Waals surface area contributed by atoms with Crippen molar-refractivity contribution >= 4 is 21.1 Å². The second-order valence-corrected chi connectivity index (χ2v) is 10.5. The molecular formula is C24H32FN5O4S. The highest BCUT2D eigenvalue weighted by molar-refractivity contribution is 7.89. The molecule has 0 aliphatic carbocycles. The molecule has 0 atom stereocenters. The number of nitrogens with one attached hydrogen (secondary N) is 1. The van der Waals surface area contributed by atoms with Crippen LogP contribution in [0.15, 0.2) is 34.1 Å². The molecule has 0 unspecified atom stereocenters. The molecule has 1 aromatic carbocycles. The van der Waals surface area contributed by atoms with Gasteiger partial charge in [-0.05, 0) is 43.5 Å². The molecule has 0 saturated carbocycles. The van der Waals surface area contributed by atoms with Gasteiger partial charge in [-0.25, -0.2) is 13.4 Å². The van der Waals surface area contributed by atoms with Crippen LogP contribution in [0.1, 0.15) is 25.8 Å². The number of hydrogen-bond acceptors (Lipinski definition) is 6. The lowest BCUT2D eigenvalue weighted by molar-refractivity contribution is 0.182. The topological polar surface area (TPSA) is 101 Å². The number of benzene rings is 1. The van der Waals surface area contributed by atoms with Gasteiger partial charge in [-0.3, -0.25) is 9.18 Å². The van der Waals surface area contributed by atoms with Gasteiger partial charge in [0.25, 0.3) is 5.56 Å². The third-order valence-electron chi connectivity index (χ3n) is 6.37. The summed E-state index contributed by atoms with van der Waals surface area (Å²) >= 11 is 0. The second-order valence-electron chi connectivity index (χ2n) is 8.61. The number of ether oxygens (including phenoxy) is 1. The first kappa shape index (κ1) is 25.3. The summed E-state index contributed by atoms with van der Waals surface area (Å²) in [5.41, 5.74) is 2.11. The van der Waals surface area contributed by atoms with E-state index in [-0.39, 0.29) is 23.0 Å². The Morgan fingerprint density at radius 2 is 1.91 bits per heavy atom. The van der Waals surface area contributed by atoms with Crippen LogP contribution in [0.5, 0.6) is 5.75 Å². The van der Waals surface area contributed by atoms with Crippen molar-refractivity contribution in [3.63, 3.8) is 0 Å². The lowest BCUT2D eigenvalue weighted by atomic mass is 10.1. The number of sulfonamides is 1. The molecule has 0 radical (unpaired) electrons. The maximum absolute atomic E-state index is 13.5. The van der Waals surface area contributed by atoms with Crippen LogP contribution in [0.25, 0.3) is 22.4 Å². The fraction of sp³-hybridized carbons (Fsp3) is 0.500. The van der Waals surface area contributed by atoms with Crippen LogP contribution in [0.3, 0.4) is 0 Å². The minimum Gasteiger partial charge on any atom is -0.493 e. The van der Waals surface area contributed by atoms with E-state index in [4.69, 9.17) is 9.72 Å². The molecule has 2 aromatic heterocycles. The summed E-state index contributed by atoms with van der Waals surface area (Å²) in [4.78, 5) is 22.6. The lowest BCUT2D eigenvalue weighted by Gasteiger charge is -2.33. The van der Waals surface area contributed by atoms with Gasteiger partial charge in [0.15, 0.2) is 0 Å². The predicted molar refractivity (Wildman–Crippen MR) is 133 cm³/mol. The van der Waals surface area contributed by atoms with Crippen molar-refractivity contribution < 1.29 is 17.5 Å². The first-order valence-electron chi connectivity index (χ1n) is 11.9. The molecule has 0 amide bonds. The molecule has 1 fully saturated rings. The van der Waals surface area contributed by atoms with Gasteiger partial charge < -0.3 is 19.2 Å². The maximum Gasteiger partial charge on any atom is 0.275 e. The number of alkyl halides is 1. The SMILES string of the molecule is CCOc1ccc(S(=O)(=O)N2CCN(CCCF)CC2)cc1-c1nc2c(CC)cn(C)c2c(=O)[nH]1. The van der Waals surface area contributed by atoms with E-state index in [1.165, 1.54) is 16.4 Å². The summed E-state index contributed by atoms with van der Waals surface area (Å²) in [5, 5.41) is 0. The molecular weight excluding hydrogens is 473 g/mol. The van der Waals surface area contributed by atoms with Crippen molar-refractivity contribution in [1.29, 1.82) is 0 Å². The summed E-state index contributed by atoms with van der Waals surface area (Å²) in [6.45, 7) is 6.24. The molecule has 1 saturated heterocycles. The van der Waals surface area contributed by atoms with Gasteiger partial charge in [-0.1, -0.05) is 6.92 Å². The van der Waals surface area contributed by atoms with E-state index in [0.717, 1.165) is 5.56 Å². The molecule has 4 rings (SSSR count). The van der Waals surface area contributed by atoms with Gasteiger partial charge >= 0.3 is 0 Å². The number of fused-ring (bicyclic) bond motifs is 1. The molecule has 1 aliphatic rings. The third kappa shape index (κ3) is 4.98. The number of rotatable bonds is 9. The minimum atomic E-state index is -3.78. The van der Waals surface area contributed by atoms with E-state index in [2.05, 4.69) is 9.88 Å². The predicted octanol–water partition coefficient (Wildman–Crippen LogP) is 2.56. The zero-order chi connectivity index (χ0) is 25.2. The largest absolute Gasteiger partial charge is 0.493 e. The zero-order valence-electron chi connectivity index (χ0n) is 20.4. The minimum absolute atomic E-state index is 0.111. The van der Waals surface area contributed by atoms with Gasteiger partial charge in [-0.2, -0.15) is 4.31 Å². The molecule has 11 heteroatoms. The third-order valence-corrected chi connectivity index (χ3v) is 8.26. The van der Waals surface area contributed by atoms with E-state index in [1.54, 1.807) is 17.7 Å². The summed E-state index contributed by atoms with van der Waals surface area (Å²) in [6, 6.07) is 4.66. The maximum atomic E-state index is 13.5. The van der Waals surface area contributed by atoms with Crippen molar-refractivity contribution in [1.82, 2.24) is 23.7 Å². The Balaban J connectivity index is 1.73. The highest BCUT2D eigenvalue weighted by Crippen LogP contribution is 2.32. The van der Waals surface area contributed by atoms with E-state index in [1.807, 2.05) is 20.0 Å². The van der Waals surface area contributed by atoms with Crippen LogP contribution >= 0.6 is 0 Å². The molecule has 1 N–H and O–H groups in total. The quantitative estimate of drug-likeness (QED) is 0.480. The zero-order valence-corrected chi connectivity index (χ0v) is 21.2. The van der Waals surface area contributed by atoms with Crippen molar-refractivity contribution in [3.8, 4) is 17.1 Å². The molecule has 0 spiro atoms. The Kier molecular flexibility index (Phi) is 7.58. The average molecular weight is 506 g/mol. The van der Waals surface area contributed by atoms with Crippen molar-refractivity contribution in [2.45, 2.75) is 31.6 Å². The summed E-state index contributed by atoms with van der Waals surface area (Å²) in [6.07, 6.45) is 3.04. The molecule has 9 nitrogen and oxygen atoms in total. The Morgan fingerprint density at radius 1 is 1.17 bits per heavy atom. The number of aromatic amines is 1. The number of hydrogen-bond donors (Lipinski definition) is 1. The molecule has 3 heterocycles. The van der Waals surface area contributed by atoms with Gasteiger partial charge in [0.05, 0.1) is 29.3 Å². The summed E-state index contributed by atoms with van der Waals surface area (Å²) < 4.78 is 48.3. The van der Waals surface area contributed by atoms with Crippen LogP contribution < -0.4 is 10.3 Å². The molecule has 1 aliphatic heterocycles. The van der Waals surface area contributed by atoms with Gasteiger partial charge in [0.2, 0.25) is 10.0 Å².